The third kappa shape index (κ3) is 4.02. The molecule has 20 heavy (non-hydrogen) atoms. The van der Waals surface area contributed by atoms with Crippen molar-refractivity contribution in [3.8, 4) is 0 Å². The fourth-order valence-corrected chi connectivity index (χ4v) is 4.32. The maximum absolute atomic E-state index is 12.2. The van der Waals surface area contributed by atoms with Crippen LogP contribution in [0, 0.1) is 0 Å². The van der Waals surface area contributed by atoms with Crippen LogP contribution in [0.15, 0.2) is 15.9 Å². The Hall–Kier alpha value is -0.950. The fraction of sp³-hybridized carbons (Fsp3) is 0.692. The average molecular weight is 316 g/mol. The Morgan fingerprint density at radius 3 is 2.95 bits per heavy atom. The van der Waals surface area contributed by atoms with Gasteiger partial charge in [-0.15, -0.1) is 11.3 Å². The van der Waals surface area contributed by atoms with E-state index >= 15 is 0 Å². The van der Waals surface area contributed by atoms with Crippen molar-refractivity contribution in [2.24, 2.45) is 0 Å². The van der Waals surface area contributed by atoms with Crippen LogP contribution in [0.5, 0.6) is 0 Å². The number of hydrogen-bond donors (Lipinski definition) is 0. The second-order valence-corrected chi connectivity index (χ2v) is 8.34. The normalized spacial score (nSPS) is 20.9. The van der Waals surface area contributed by atoms with Crippen molar-refractivity contribution in [2.75, 3.05) is 12.3 Å². The molecule has 0 aromatic carbocycles. The second-order valence-electron chi connectivity index (χ2n) is 5.78. The number of carbonyl (C=O) groups excluding carboxylic acids is 1. The molecule has 1 aromatic rings. The van der Waals surface area contributed by atoms with E-state index in [2.05, 4.69) is 4.98 Å². The number of nitrogens with zero attached hydrogens (tertiary/aromatic N) is 2. The highest BCUT2D eigenvalue weighted by Gasteiger charge is 2.33. The third-order valence-corrected chi connectivity index (χ3v) is 5.55. The maximum Gasteiger partial charge on any atom is 0.410 e. The van der Waals surface area contributed by atoms with E-state index in [0.717, 1.165) is 12.8 Å². The predicted molar refractivity (Wildman–Crippen MR) is 79.4 cm³/mol. The van der Waals surface area contributed by atoms with Crippen molar-refractivity contribution in [3.63, 3.8) is 0 Å². The molecule has 2 unspecified atom stereocenters. The van der Waals surface area contributed by atoms with E-state index in [-0.39, 0.29) is 12.1 Å². The summed E-state index contributed by atoms with van der Waals surface area (Å²) in [6, 6.07) is -0.0189. The van der Waals surface area contributed by atoms with Gasteiger partial charge in [-0.25, -0.2) is 9.78 Å². The lowest BCUT2D eigenvalue weighted by Crippen LogP contribution is -2.42. The van der Waals surface area contributed by atoms with Crippen LogP contribution in [-0.2, 0) is 15.5 Å². The van der Waals surface area contributed by atoms with Gasteiger partial charge < -0.3 is 9.64 Å². The number of ether oxygens (including phenoxy) is 1. The number of thiazole rings is 1. The average Bonchev–Trinajstić information content (AvgIpc) is 2.96. The van der Waals surface area contributed by atoms with Gasteiger partial charge in [0.1, 0.15) is 5.60 Å². The van der Waals surface area contributed by atoms with Gasteiger partial charge >= 0.3 is 6.09 Å². The van der Waals surface area contributed by atoms with Crippen LogP contribution in [0.3, 0.4) is 0 Å². The maximum atomic E-state index is 12.2. The van der Waals surface area contributed by atoms with Crippen molar-refractivity contribution in [1.29, 1.82) is 0 Å². The lowest BCUT2D eigenvalue weighted by Gasteiger charge is -2.28. The molecule has 1 aliphatic heterocycles. The van der Waals surface area contributed by atoms with E-state index in [9.17, 15) is 9.00 Å². The number of hydrogen-bond acceptors (Lipinski definition) is 5. The van der Waals surface area contributed by atoms with Crippen LogP contribution in [0.2, 0.25) is 0 Å². The smallest absolute Gasteiger partial charge is 0.410 e. The molecule has 1 aliphatic rings. The molecule has 1 amide bonds. The standard InChI is InChI=1S/C13H20N2O3S2/c1-13(2,3)18-12(16)15-7-4-5-10(15)9-20(17)11-14-6-8-19-11/h6,8,10H,4-5,7,9H2,1-3H3. The van der Waals surface area contributed by atoms with Crippen molar-refractivity contribution >= 4 is 28.2 Å². The van der Waals surface area contributed by atoms with Gasteiger partial charge in [-0.2, -0.15) is 0 Å². The molecule has 0 aliphatic carbocycles. The van der Waals surface area contributed by atoms with E-state index in [4.69, 9.17) is 4.74 Å². The molecule has 112 valence electrons. The Bertz CT molecular complexity index is 482. The molecule has 0 bridgehead atoms. The molecule has 2 rings (SSSR count). The first-order valence-corrected chi connectivity index (χ1v) is 8.84. The summed E-state index contributed by atoms with van der Waals surface area (Å²) in [6.45, 7) is 6.23. The molecular weight excluding hydrogens is 296 g/mol. The van der Waals surface area contributed by atoms with Crippen LogP contribution in [0.4, 0.5) is 4.79 Å². The Labute approximate surface area is 125 Å². The Morgan fingerprint density at radius 1 is 1.60 bits per heavy atom. The minimum atomic E-state index is -1.14. The summed E-state index contributed by atoms with van der Waals surface area (Å²) in [5, 5.41) is 1.81. The van der Waals surface area contributed by atoms with Crippen LogP contribution in [0.25, 0.3) is 0 Å². The van der Waals surface area contributed by atoms with Gasteiger partial charge in [0, 0.05) is 24.2 Å². The van der Waals surface area contributed by atoms with Crippen molar-refractivity contribution in [1.82, 2.24) is 9.88 Å². The Morgan fingerprint density at radius 2 is 2.35 bits per heavy atom. The molecule has 5 nitrogen and oxygen atoms in total. The van der Waals surface area contributed by atoms with Crippen LogP contribution < -0.4 is 0 Å². The zero-order chi connectivity index (χ0) is 14.8. The first kappa shape index (κ1) is 15.4. The minimum absolute atomic E-state index is 0.0189. The van der Waals surface area contributed by atoms with Gasteiger partial charge in [-0.1, -0.05) is 0 Å². The highest BCUT2D eigenvalue weighted by molar-refractivity contribution is 7.87. The minimum Gasteiger partial charge on any atom is -0.444 e. The summed E-state index contributed by atoms with van der Waals surface area (Å²) in [5.41, 5.74) is -0.501. The molecule has 7 heteroatoms. The number of rotatable bonds is 3. The molecule has 1 saturated heterocycles. The molecule has 2 heterocycles. The molecule has 0 saturated carbocycles. The van der Waals surface area contributed by atoms with E-state index in [1.807, 2.05) is 26.2 Å². The molecule has 0 N–H and O–H groups in total. The molecule has 0 spiro atoms. The molecule has 2 atom stereocenters. The monoisotopic (exact) mass is 316 g/mol. The largest absolute Gasteiger partial charge is 0.444 e. The molecule has 1 fully saturated rings. The molecule has 1 aromatic heterocycles. The van der Waals surface area contributed by atoms with Gasteiger partial charge in [0.25, 0.3) is 0 Å². The summed E-state index contributed by atoms with van der Waals surface area (Å²) >= 11 is 1.39. The van der Waals surface area contributed by atoms with E-state index < -0.39 is 16.4 Å². The Kier molecular flexibility index (Phi) is 4.80. The fourth-order valence-electron chi connectivity index (χ4n) is 2.14. The van der Waals surface area contributed by atoms with Gasteiger partial charge in [-0.05, 0) is 33.6 Å². The lowest BCUT2D eigenvalue weighted by molar-refractivity contribution is 0.0241. The van der Waals surface area contributed by atoms with Gasteiger partial charge in [0.05, 0.1) is 16.6 Å². The van der Waals surface area contributed by atoms with Gasteiger partial charge in [0.15, 0.2) is 4.34 Å². The van der Waals surface area contributed by atoms with E-state index in [1.165, 1.54) is 11.3 Å². The Balaban J connectivity index is 1.97. The van der Waals surface area contributed by atoms with Gasteiger partial charge in [0.2, 0.25) is 0 Å². The summed E-state index contributed by atoms with van der Waals surface area (Å²) in [7, 11) is -1.14. The summed E-state index contributed by atoms with van der Waals surface area (Å²) < 4.78 is 18.2. The van der Waals surface area contributed by atoms with Crippen LogP contribution >= 0.6 is 11.3 Å². The highest BCUT2D eigenvalue weighted by atomic mass is 32.2. The first-order chi connectivity index (χ1) is 9.37. The second kappa shape index (κ2) is 6.22. The van der Waals surface area contributed by atoms with Crippen molar-refractivity contribution in [3.05, 3.63) is 11.6 Å². The first-order valence-electron chi connectivity index (χ1n) is 6.64. The topological polar surface area (TPSA) is 59.5 Å². The number of amides is 1. The summed E-state index contributed by atoms with van der Waals surface area (Å²) in [5.74, 6) is 0.437. The van der Waals surface area contributed by atoms with Crippen LogP contribution in [-0.4, -0.2) is 44.1 Å². The molecule has 0 radical (unpaired) electrons. The summed E-state index contributed by atoms with van der Waals surface area (Å²) in [6.07, 6.45) is 3.14. The lowest BCUT2D eigenvalue weighted by atomic mass is 10.2. The highest BCUT2D eigenvalue weighted by Crippen LogP contribution is 2.23. The number of likely N-dealkylation sites (tertiary alicyclic amines) is 1. The van der Waals surface area contributed by atoms with E-state index in [0.29, 0.717) is 16.6 Å². The SMILES string of the molecule is CC(C)(C)OC(=O)N1CCCC1CS(=O)c1nccs1. The molecular formula is C13H20N2O3S2. The zero-order valence-electron chi connectivity index (χ0n) is 12.0. The quantitative estimate of drug-likeness (QED) is 0.860. The van der Waals surface area contributed by atoms with Crippen molar-refractivity contribution in [2.45, 2.75) is 49.6 Å². The van der Waals surface area contributed by atoms with Crippen molar-refractivity contribution < 1.29 is 13.7 Å². The third-order valence-electron chi connectivity index (χ3n) is 2.95. The number of aromatic nitrogens is 1. The predicted octanol–water partition coefficient (Wildman–Crippen LogP) is 2.65. The van der Waals surface area contributed by atoms with Crippen LogP contribution in [0.1, 0.15) is 33.6 Å². The van der Waals surface area contributed by atoms with Gasteiger partial charge in [-0.3, -0.25) is 4.21 Å². The summed E-state index contributed by atoms with van der Waals surface area (Å²) in [4.78, 5) is 17.9. The van der Waals surface area contributed by atoms with E-state index in [1.54, 1.807) is 11.1 Å². The number of carbonyl (C=O) groups is 1. The zero-order valence-corrected chi connectivity index (χ0v) is 13.6.